The fraction of sp³-hybridized carbons (Fsp3) is 0.250. The number of anilines is 1. The van der Waals surface area contributed by atoms with Crippen LogP contribution < -0.4 is 10.1 Å². The van der Waals surface area contributed by atoms with E-state index in [0.29, 0.717) is 5.69 Å². The summed E-state index contributed by atoms with van der Waals surface area (Å²) >= 11 is 0. The Balaban J connectivity index is 2.01. The third-order valence-corrected chi connectivity index (χ3v) is 2.80. The average molecular weight is 285 g/mol. The predicted octanol–water partition coefficient (Wildman–Crippen LogP) is 3.49. The van der Waals surface area contributed by atoms with Crippen molar-refractivity contribution in [1.82, 2.24) is 4.98 Å². The van der Waals surface area contributed by atoms with E-state index in [2.05, 4.69) is 17.2 Å². The molecule has 0 aliphatic carbocycles. The molecule has 21 heavy (non-hydrogen) atoms. The number of ether oxygens (including phenoxy) is 1. The second kappa shape index (κ2) is 7.25. The van der Waals surface area contributed by atoms with Crippen LogP contribution in [0.25, 0.3) is 0 Å². The summed E-state index contributed by atoms with van der Waals surface area (Å²) in [5, 5.41) is 11.9. The van der Waals surface area contributed by atoms with Gasteiger partial charge in [0.15, 0.2) is 11.6 Å². The lowest BCUT2D eigenvalue weighted by atomic mass is 10.2. The van der Waals surface area contributed by atoms with Gasteiger partial charge < -0.3 is 10.1 Å². The van der Waals surface area contributed by atoms with Gasteiger partial charge in [0.2, 0.25) is 0 Å². The van der Waals surface area contributed by atoms with E-state index in [-0.39, 0.29) is 17.9 Å². The van der Waals surface area contributed by atoms with E-state index in [4.69, 9.17) is 10.00 Å². The van der Waals surface area contributed by atoms with Crippen LogP contribution in [0.2, 0.25) is 0 Å². The molecule has 0 bridgehead atoms. The molecule has 0 fully saturated rings. The smallest absolute Gasteiger partial charge is 0.166 e. The zero-order chi connectivity index (χ0) is 15.1. The minimum absolute atomic E-state index is 0.114. The van der Waals surface area contributed by atoms with Gasteiger partial charge in [0.1, 0.15) is 12.4 Å². The molecule has 108 valence electrons. The van der Waals surface area contributed by atoms with E-state index < -0.39 is 5.82 Å². The Morgan fingerprint density at radius 3 is 2.90 bits per heavy atom. The van der Waals surface area contributed by atoms with Gasteiger partial charge in [-0.2, -0.15) is 5.26 Å². The van der Waals surface area contributed by atoms with Crippen LogP contribution in [0.1, 0.15) is 24.6 Å². The Labute approximate surface area is 123 Å². The van der Waals surface area contributed by atoms with E-state index >= 15 is 0 Å². The Bertz CT molecular complexity index is 652. The average Bonchev–Trinajstić information content (AvgIpc) is 2.52. The molecule has 0 amide bonds. The molecule has 5 heteroatoms. The first-order chi connectivity index (χ1) is 10.2. The van der Waals surface area contributed by atoms with Gasteiger partial charge in [-0.3, -0.25) is 0 Å². The van der Waals surface area contributed by atoms with E-state index in [1.807, 2.05) is 24.3 Å². The van der Waals surface area contributed by atoms with Gasteiger partial charge in [-0.05, 0) is 36.8 Å². The highest BCUT2D eigenvalue weighted by molar-refractivity contribution is 5.37. The van der Waals surface area contributed by atoms with Crippen LogP contribution in [-0.4, -0.2) is 11.5 Å². The summed E-state index contributed by atoms with van der Waals surface area (Å²) in [5.74, 6) is 0.343. The highest BCUT2D eigenvalue weighted by Crippen LogP contribution is 2.19. The Morgan fingerprint density at radius 1 is 1.33 bits per heavy atom. The molecule has 4 nitrogen and oxygen atoms in total. The minimum atomic E-state index is -0.547. The summed E-state index contributed by atoms with van der Waals surface area (Å²) in [6.07, 6.45) is 1.01. The standard InChI is InChI=1S/C16H16FN3O/c1-2-8-19-16-5-3-4-13(20-16)11-21-15-7-6-12(10-18)9-14(15)17/h3-7,9H,2,8,11H2,1H3,(H,19,20). The predicted molar refractivity (Wildman–Crippen MR) is 78.5 cm³/mol. The van der Waals surface area contributed by atoms with Gasteiger partial charge in [-0.25, -0.2) is 9.37 Å². The van der Waals surface area contributed by atoms with Crippen LogP contribution in [0.5, 0.6) is 5.75 Å². The number of nitrogens with zero attached hydrogens (tertiary/aromatic N) is 2. The third-order valence-electron chi connectivity index (χ3n) is 2.80. The van der Waals surface area contributed by atoms with Crippen molar-refractivity contribution in [2.24, 2.45) is 0 Å². The first-order valence-electron chi connectivity index (χ1n) is 6.75. The molecule has 1 N–H and O–H groups in total. The molecule has 1 aromatic heterocycles. The zero-order valence-corrected chi connectivity index (χ0v) is 11.8. The SMILES string of the molecule is CCCNc1cccc(COc2ccc(C#N)cc2F)n1. The molecule has 0 saturated carbocycles. The first kappa shape index (κ1) is 14.8. The molecule has 0 atom stereocenters. The summed E-state index contributed by atoms with van der Waals surface area (Å²) in [4.78, 5) is 4.38. The molecule has 0 aliphatic heterocycles. The zero-order valence-electron chi connectivity index (χ0n) is 11.8. The molecule has 0 saturated heterocycles. The number of hydrogen-bond acceptors (Lipinski definition) is 4. The highest BCUT2D eigenvalue weighted by Gasteiger charge is 2.06. The van der Waals surface area contributed by atoms with Crippen LogP contribution in [0.4, 0.5) is 10.2 Å². The number of rotatable bonds is 6. The lowest BCUT2D eigenvalue weighted by Gasteiger charge is -2.09. The van der Waals surface area contributed by atoms with Gasteiger partial charge >= 0.3 is 0 Å². The van der Waals surface area contributed by atoms with Crippen molar-refractivity contribution in [3.05, 3.63) is 53.5 Å². The van der Waals surface area contributed by atoms with Gasteiger partial charge in [0.05, 0.1) is 17.3 Å². The van der Waals surface area contributed by atoms with Crippen LogP contribution in [-0.2, 0) is 6.61 Å². The van der Waals surface area contributed by atoms with E-state index in [0.717, 1.165) is 24.8 Å². The summed E-state index contributed by atoms with van der Waals surface area (Å²) < 4.78 is 19.1. The lowest BCUT2D eigenvalue weighted by molar-refractivity contribution is 0.286. The van der Waals surface area contributed by atoms with Crippen molar-refractivity contribution in [1.29, 1.82) is 5.26 Å². The molecule has 1 aromatic carbocycles. The number of halogens is 1. The Kier molecular flexibility index (Phi) is 5.10. The molecular weight excluding hydrogens is 269 g/mol. The summed E-state index contributed by atoms with van der Waals surface area (Å²) in [6, 6.07) is 11.6. The number of nitrogens with one attached hydrogen (secondary N) is 1. The topological polar surface area (TPSA) is 57.9 Å². The van der Waals surface area contributed by atoms with Gasteiger partial charge in [0.25, 0.3) is 0 Å². The fourth-order valence-corrected chi connectivity index (χ4v) is 1.75. The molecule has 0 radical (unpaired) electrons. The number of nitriles is 1. The number of benzene rings is 1. The monoisotopic (exact) mass is 285 g/mol. The molecule has 0 unspecified atom stereocenters. The van der Waals surface area contributed by atoms with Crippen molar-refractivity contribution in [3.63, 3.8) is 0 Å². The summed E-state index contributed by atoms with van der Waals surface area (Å²) in [6.45, 7) is 3.10. The van der Waals surface area contributed by atoms with Crippen molar-refractivity contribution in [2.45, 2.75) is 20.0 Å². The van der Waals surface area contributed by atoms with Crippen molar-refractivity contribution in [2.75, 3.05) is 11.9 Å². The van der Waals surface area contributed by atoms with Gasteiger partial charge in [0, 0.05) is 6.54 Å². The van der Waals surface area contributed by atoms with Crippen LogP contribution >= 0.6 is 0 Å². The molecular formula is C16H16FN3O. The molecule has 2 aromatic rings. The van der Waals surface area contributed by atoms with E-state index in [1.54, 1.807) is 0 Å². The van der Waals surface area contributed by atoms with Gasteiger partial charge in [-0.1, -0.05) is 13.0 Å². The number of aromatic nitrogens is 1. The van der Waals surface area contributed by atoms with Crippen molar-refractivity contribution < 1.29 is 9.13 Å². The van der Waals surface area contributed by atoms with Crippen molar-refractivity contribution in [3.8, 4) is 11.8 Å². The summed E-state index contributed by atoms with van der Waals surface area (Å²) in [7, 11) is 0. The number of hydrogen-bond donors (Lipinski definition) is 1. The third kappa shape index (κ3) is 4.18. The second-order valence-electron chi connectivity index (χ2n) is 4.49. The van der Waals surface area contributed by atoms with E-state index in [1.165, 1.54) is 12.1 Å². The molecule has 0 spiro atoms. The van der Waals surface area contributed by atoms with Crippen LogP contribution in [0, 0.1) is 17.1 Å². The quantitative estimate of drug-likeness (QED) is 0.882. The molecule has 1 heterocycles. The first-order valence-corrected chi connectivity index (χ1v) is 6.75. The highest BCUT2D eigenvalue weighted by atomic mass is 19.1. The van der Waals surface area contributed by atoms with Crippen LogP contribution in [0.3, 0.4) is 0 Å². The van der Waals surface area contributed by atoms with E-state index in [9.17, 15) is 4.39 Å². The molecule has 2 rings (SSSR count). The largest absolute Gasteiger partial charge is 0.484 e. The maximum atomic E-state index is 13.7. The van der Waals surface area contributed by atoms with Crippen molar-refractivity contribution >= 4 is 5.82 Å². The Hall–Kier alpha value is -2.61. The maximum absolute atomic E-state index is 13.7. The van der Waals surface area contributed by atoms with Gasteiger partial charge in [-0.15, -0.1) is 0 Å². The lowest BCUT2D eigenvalue weighted by Crippen LogP contribution is -2.05. The maximum Gasteiger partial charge on any atom is 0.166 e. The van der Waals surface area contributed by atoms with Crippen LogP contribution in [0.15, 0.2) is 36.4 Å². The number of pyridine rings is 1. The normalized spacial score (nSPS) is 9.95. The summed E-state index contributed by atoms with van der Waals surface area (Å²) in [5.41, 5.74) is 0.976. The second-order valence-corrected chi connectivity index (χ2v) is 4.49. The minimum Gasteiger partial charge on any atom is -0.484 e. The fourth-order valence-electron chi connectivity index (χ4n) is 1.75. The Morgan fingerprint density at radius 2 is 2.19 bits per heavy atom. The molecule has 0 aliphatic rings.